The van der Waals surface area contributed by atoms with Crippen molar-refractivity contribution in [1.82, 2.24) is 0 Å². The van der Waals surface area contributed by atoms with Gasteiger partial charge in [0.2, 0.25) is 0 Å². The molecule has 0 bridgehead atoms. The van der Waals surface area contributed by atoms with Gasteiger partial charge in [-0.2, -0.15) is 0 Å². The van der Waals surface area contributed by atoms with Gasteiger partial charge in [-0.15, -0.1) is 0 Å². The maximum Gasteiger partial charge on any atom is 0.327 e. The number of non-ortho nitro benzene ring substituents is 1. The van der Waals surface area contributed by atoms with Crippen molar-refractivity contribution in [3.8, 4) is 0 Å². The molecule has 84 valence electrons. The number of methoxy groups -OCH3 is 1. The third kappa shape index (κ3) is 3.49. The Labute approximate surface area is 91.7 Å². The Balaban J connectivity index is 2.61. The summed E-state index contributed by atoms with van der Waals surface area (Å²) in [6.07, 6.45) is 1.46. The van der Waals surface area contributed by atoms with E-state index in [-0.39, 0.29) is 12.2 Å². The topological polar surface area (TPSA) is 81.8 Å². The first kappa shape index (κ1) is 11.8. The van der Waals surface area contributed by atoms with Crippen molar-refractivity contribution in [3.63, 3.8) is 0 Å². The Morgan fingerprint density at radius 3 is 2.62 bits per heavy atom. The van der Waals surface area contributed by atoms with Crippen molar-refractivity contribution in [2.24, 2.45) is 4.99 Å². The molecule has 6 heteroatoms. The first-order valence-corrected chi connectivity index (χ1v) is 4.44. The lowest BCUT2D eigenvalue weighted by Gasteiger charge is -1.94. The van der Waals surface area contributed by atoms with Crippen molar-refractivity contribution in [3.05, 3.63) is 39.9 Å². The van der Waals surface area contributed by atoms with Gasteiger partial charge in [-0.05, 0) is 17.7 Å². The van der Waals surface area contributed by atoms with Crippen molar-refractivity contribution in [2.45, 2.75) is 0 Å². The molecule has 0 fully saturated rings. The van der Waals surface area contributed by atoms with Gasteiger partial charge < -0.3 is 4.74 Å². The molecular weight excluding hydrogens is 212 g/mol. The molecule has 0 aliphatic rings. The highest BCUT2D eigenvalue weighted by atomic mass is 16.6. The van der Waals surface area contributed by atoms with E-state index < -0.39 is 10.9 Å². The lowest BCUT2D eigenvalue weighted by molar-refractivity contribution is -0.384. The van der Waals surface area contributed by atoms with Crippen LogP contribution in [-0.4, -0.2) is 30.8 Å². The molecule has 0 heterocycles. The van der Waals surface area contributed by atoms with Crippen molar-refractivity contribution in [2.75, 3.05) is 13.7 Å². The van der Waals surface area contributed by atoms with Crippen LogP contribution in [0, 0.1) is 10.1 Å². The molecule has 6 nitrogen and oxygen atoms in total. The van der Waals surface area contributed by atoms with E-state index in [1.54, 1.807) is 12.1 Å². The van der Waals surface area contributed by atoms with Gasteiger partial charge in [0.05, 0.1) is 12.0 Å². The Morgan fingerprint density at radius 2 is 2.12 bits per heavy atom. The largest absolute Gasteiger partial charge is 0.468 e. The normalized spacial score (nSPS) is 10.3. The van der Waals surface area contributed by atoms with Gasteiger partial charge in [-0.25, -0.2) is 0 Å². The molecule has 1 aromatic carbocycles. The monoisotopic (exact) mass is 222 g/mol. The van der Waals surface area contributed by atoms with Crippen LogP contribution in [0.15, 0.2) is 29.3 Å². The van der Waals surface area contributed by atoms with Gasteiger partial charge in [0.25, 0.3) is 5.69 Å². The second-order valence-electron chi connectivity index (χ2n) is 2.89. The van der Waals surface area contributed by atoms with Crippen molar-refractivity contribution < 1.29 is 14.5 Å². The molecule has 0 unspecified atom stereocenters. The third-order valence-electron chi connectivity index (χ3n) is 1.79. The number of esters is 1. The summed E-state index contributed by atoms with van der Waals surface area (Å²) in [5.41, 5.74) is 0.708. The number of nitrogens with zero attached hydrogens (tertiary/aromatic N) is 2. The zero-order valence-electron chi connectivity index (χ0n) is 8.62. The second kappa shape index (κ2) is 5.59. The van der Waals surface area contributed by atoms with E-state index in [4.69, 9.17) is 0 Å². The third-order valence-corrected chi connectivity index (χ3v) is 1.79. The summed E-state index contributed by atoms with van der Waals surface area (Å²) in [5.74, 6) is -0.432. The molecule has 0 N–H and O–H groups in total. The number of carbonyl (C=O) groups excluding carboxylic acids is 1. The summed E-state index contributed by atoms with van der Waals surface area (Å²) < 4.78 is 4.40. The summed E-state index contributed by atoms with van der Waals surface area (Å²) >= 11 is 0. The minimum Gasteiger partial charge on any atom is -0.468 e. The Bertz CT molecular complexity index is 411. The van der Waals surface area contributed by atoms with Gasteiger partial charge in [0.1, 0.15) is 6.54 Å². The van der Waals surface area contributed by atoms with Crippen LogP contribution < -0.4 is 0 Å². The van der Waals surface area contributed by atoms with E-state index in [2.05, 4.69) is 9.73 Å². The molecule has 0 aromatic heterocycles. The first-order chi connectivity index (χ1) is 7.63. The average molecular weight is 222 g/mol. The fourth-order valence-corrected chi connectivity index (χ4v) is 0.972. The zero-order valence-corrected chi connectivity index (χ0v) is 8.62. The number of hydrogen-bond acceptors (Lipinski definition) is 5. The lowest BCUT2D eigenvalue weighted by atomic mass is 10.2. The molecular formula is C10H10N2O4. The maximum atomic E-state index is 10.7. The van der Waals surface area contributed by atoms with Crippen LogP contribution in [0.3, 0.4) is 0 Å². The number of carbonyl (C=O) groups is 1. The highest BCUT2D eigenvalue weighted by Crippen LogP contribution is 2.10. The number of hydrogen-bond donors (Lipinski definition) is 0. The summed E-state index contributed by atoms with van der Waals surface area (Å²) in [7, 11) is 1.28. The van der Waals surface area contributed by atoms with Crippen LogP contribution in [0.2, 0.25) is 0 Å². The number of nitro groups is 1. The number of rotatable bonds is 4. The SMILES string of the molecule is COC(=O)C/N=C/c1ccc([N+](=O)[O-])cc1. The zero-order chi connectivity index (χ0) is 12.0. The van der Waals surface area contributed by atoms with Crippen LogP contribution in [0.1, 0.15) is 5.56 Å². The highest BCUT2D eigenvalue weighted by molar-refractivity contribution is 5.82. The molecule has 1 aromatic rings. The second-order valence-corrected chi connectivity index (χ2v) is 2.89. The number of nitro benzene ring substituents is 1. The molecule has 0 radical (unpaired) electrons. The van der Waals surface area contributed by atoms with Gasteiger partial charge in [-0.3, -0.25) is 19.9 Å². The molecule has 1 rings (SSSR count). The van der Waals surface area contributed by atoms with Crippen LogP contribution >= 0.6 is 0 Å². The average Bonchev–Trinajstić information content (AvgIpc) is 2.29. The number of aliphatic imine (C=N–C) groups is 1. The molecule has 16 heavy (non-hydrogen) atoms. The van der Waals surface area contributed by atoms with Gasteiger partial charge >= 0.3 is 5.97 Å². The van der Waals surface area contributed by atoms with Gasteiger partial charge in [0.15, 0.2) is 0 Å². The van der Waals surface area contributed by atoms with Crippen LogP contribution in [0.4, 0.5) is 5.69 Å². The molecule has 0 saturated heterocycles. The predicted molar refractivity (Wildman–Crippen MR) is 57.6 cm³/mol. The van der Waals surface area contributed by atoms with E-state index in [9.17, 15) is 14.9 Å². The van der Waals surface area contributed by atoms with Crippen LogP contribution in [0.5, 0.6) is 0 Å². The predicted octanol–water partition coefficient (Wildman–Crippen LogP) is 1.19. The molecule has 0 spiro atoms. The standard InChI is InChI=1S/C10H10N2O4/c1-16-10(13)7-11-6-8-2-4-9(5-3-8)12(14)15/h2-6H,7H2,1H3/b11-6+. The Kier molecular flexibility index (Phi) is 4.14. The molecule has 0 amide bonds. The molecule has 0 aliphatic heterocycles. The maximum absolute atomic E-state index is 10.7. The first-order valence-electron chi connectivity index (χ1n) is 4.44. The van der Waals surface area contributed by atoms with E-state index >= 15 is 0 Å². The fourth-order valence-electron chi connectivity index (χ4n) is 0.972. The van der Waals surface area contributed by atoms with E-state index in [1.165, 1.54) is 25.5 Å². The van der Waals surface area contributed by atoms with Crippen molar-refractivity contribution >= 4 is 17.9 Å². The summed E-state index contributed by atoms with van der Waals surface area (Å²) in [5, 5.41) is 10.4. The van der Waals surface area contributed by atoms with E-state index in [0.29, 0.717) is 5.56 Å². The smallest absolute Gasteiger partial charge is 0.327 e. The van der Waals surface area contributed by atoms with Crippen molar-refractivity contribution in [1.29, 1.82) is 0 Å². The minimum absolute atomic E-state index is 0.0186. The Morgan fingerprint density at radius 1 is 1.50 bits per heavy atom. The Hall–Kier alpha value is -2.24. The molecule has 0 aliphatic carbocycles. The summed E-state index contributed by atoms with van der Waals surface area (Å²) in [4.78, 5) is 24.4. The number of ether oxygens (including phenoxy) is 1. The van der Waals surface area contributed by atoms with Crippen LogP contribution in [0.25, 0.3) is 0 Å². The minimum atomic E-state index is -0.477. The lowest BCUT2D eigenvalue weighted by Crippen LogP contribution is -2.04. The van der Waals surface area contributed by atoms with E-state index in [0.717, 1.165) is 0 Å². The van der Waals surface area contributed by atoms with E-state index in [1.807, 2.05) is 0 Å². The quantitative estimate of drug-likeness (QED) is 0.331. The summed E-state index contributed by atoms with van der Waals surface area (Å²) in [6, 6.07) is 5.86. The molecule has 0 atom stereocenters. The van der Waals surface area contributed by atoms with Gasteiger partial charge in [-0.1, -0.05) is 0 Å². The summed E-state index contributed by atoms with van der Waals surface area (Å²) in [6.45, 7) is -0.0620. The highest BCUT2D eigenvalue weighted by Gasteiger charge is 2.02. The van der Waals surface area contributed by atoms with Gasteiger partial charge in [0, 0.05) is 18.3 Å². The number of benzene rings is 1. The van der Waals surface area contributed by atoms with Crippen LogP contribution in [-0.2, 0) is 9.53 Å². The fraction of sp³-hybridized carbons (Fsp3) is 0.200. The molecule has 0 saturated carbocycles.